The number of benzene rings is 2. The summed E-state index contributed by atoms with van der Waals surface area (Å²) in [6, 6.07) is 11.5. The predicted molar refractivity (Wildman–Crippen MR) is 128 cm³/mol. The Morgan fingerprint density at radius 1 is 1.12 bits per heavy atom. The number of urea groups is 1. The van der Waals surface area contributed by atoms with Crippen molar-refractivity contribution in [2.45, 2.75) is 53.1 Å². The quantitative estimate of drug-likeness (QED) is 0.236. The van der Waals surface area contributed by atoms with Crippen LogP contribution in [0.15, 0.2) is 46.6 Å². The number of hydrogen-bond donors (Lipinski definition) is 2. The van der Waals surface area contributed by atoms with Crippen molar-refractivity contribution in [1.29, 1.82) is 0 Å². The van der Waals surface area contributed by atoms with Crippen LogP contribution in [0, 0.1) is 6.92 Å². The monoisotopic (exact) mass is 436 g/mol. The fourth-order valence-electron chi connectivity index (χ4n) is 3.72. The normalized spacial score (nSPS) is 13.7. The average Bonchev–Trinajstić information content (AvgIpc) is 3.26. The van der Waals surface area contributed by atoms with Gasteiger partial charge >= 0.3 is 6.03 Å². The van der Waals surface area contributed by atoms with Crippen molar-refractivity contribution in [3.63, 3.8) is 0 Å². The van der Waals surface area contributed by atoms with Crippen molar-refractivity contribution in [3.8, 4) is 0 Å². The number of fused-ring (bicyclic) bond motifs is 1. The summed E-state index contributed by atoms with van der Waals surface area (Å²) in [6.45, 7) is 6.05. The molecule has 2 aromatic rings. The highest BCUT2D eigenvalue weighted by molar-refractivity contribution is 5.99. The lowest BCUT2D eigenvalue weighted by Gasteiger charge is -2.24. The molecule has 32 heavy (non-hydrogen) atoms. The first-order valence-corrected chi connectivity index (χ1v) is 10.8. The first-order valence-electron chi connectivity index (χ1n) is 10.8. The molecule has 2 aromatic carbocycles. The molecule has 0 radical (unpaired) electrons. The smallest absolute Gasteiger partial charge is 0.352 e. The molecular weight excluding hydrogens is 404 g/mol. The number of aryl methyl sites for hydroxylation is 3. The predicted octanol–water partition coefficient (Wildman–Crippen LogP) is 3.84. The molecule has 0 fully saturated rings. The van der Waals surface area contributed by atoms with Gasteiger partial charge in [0.05, 0.1) is 11.4 Å². The summed E-state index contributed by atoms with van der Waals surface area (Å²) in [5.74, 6) is 12.1. The molecule has 8 nitrogen and oxygen atoms in total. The maximum atomic E-state index is 12.2. The molecule has 0 saturated heterocycles. The molecule has 4 N–H and O–H groups in total. The van der Waals surface area contributed by atoms with E-state index in [1.807, 2.05) is 32.9 Å². The minimum Gasteiger partial charge on any atom is -0.475 e. The van der Waals surface area contributed by atoms with Crippen LogP contribution in [0.5, 0.6) is 0 Å². The largest absolute Gasteiger partial charge is 0.475 e. The Morgan fingerprint density at radius 2 is 1.88 bits per heavy atom. The Balaban J connectivity index is 1.76. The topological polar surface area (TPSA) is 110 Å². The molecule has 1 aliphatic carbocycles. The maximum Gasteiger partial charge on any atom is 0.352 e. The minimum atomic E-state index is -0.532. The summed E-state index contributed by atoms with van der Waals surface area (Å²) in [5, 5.41) is 10.7. The number of nitrogens with zero attached hydrogens (tertiary/aromatic N) is 4. The third kappa shape index (κ3) is 5.33. The van der Waals surface area contributed by atoms with Gasteiger partial charge in [-0.05, 0) is 67.5 Å². The summed E-state index contributed by atoms with van der Waals surface area (Å²) in [4.78, 5) is 12.2. The number of carbonyl (C=O) groups is 1. The van der Waals surface area contributed by atoms with Gasteiger partial charge in [0, 0.05) is 19.0 Å². The Morgan fingerprint density at radius 3 is 2.59 bits per heavy atom. The lowest BCUT2D eigenvalue weighted by atomic mass is 10.0. The first kappa shape index (κ1) is 23.4. The van der Waals surface area contributed by atoms with Crippen LogP contribution in [0.4, 0.5) is 10.5 Å². The first-order chi connectivity index (χ1) is 15.3. The summed E-state index contributed by atoms with van der Waals surface area (Å²) in [5.41, 5.74) is 7.02. The molecule has 0 spiro atoms. The number of carbonyl (C=O) groups excluding carboxylic acids is 1. The van der Waals surface area contributed by atoms with Crippen LogP contribution >= 0.6 is 0 Å². The second-order valence-electron chi connectivity index (χ2n) is 7.99. The zero-order valence-electron chi connectivity index (χ0n) is 19.3. The third-order valence-corrected chi connectivity index (χ3v) is 5.67. The molecular formula is C24H32N6O2. The van der Waals surface area contributed by atoms with E-state index in [-0.39, 0.29) is 6.61 Å². The molecule has 3 rings (SSSR count). The molecule has 0 unspecified atom stereocenters. The number of nitrogens with two attached hydrogens (primary N) is 2. The van der Waals surface area contributed by atoms with Crippen LogP contribution in [0.1, 0.15) is 54.5 Å². The molecule has 0 bridgehead atoms. The molecule has 0 saturated carbocycles. The van der Waals surface area contributed by atoms with Crippen molar-refractivity contribution in [2.24, 2.45) is 21.9 Å². The van der Waals surface area contributed by atoms with Crippen molar-refractivity contribution >= 4 is 23.3 Å². The van der Waals surface area contributed by atoms with Gasteiger partial charge in [0.2, 0.25) is 5.90 Å². The van der Waals surface area contributed by atoms with Crippen molar-refractivity contribution in [1.82, 2.24) is 5.01 Å². The van der Waals surface area contributed by atoms with Gasteiger partial charge in [0.25, 0.3) is 0 Å². The highest BCUT2D eigenvalue weighted by atomic mass is 16.5. The number of hydrazine groups is 2. The molecule has 0 atom stereocenters. The Hall–Kier alpha value is -3.23. The summed E-state index contributed by atoms with van der Waals surface area (Å²) >= 11 is 0. The average molecular weight is 437 g/mol. The number of amides is 2. The number of rotatable bonds is 6. The van der Waals surface area contributed by atoms with E-state index >= 15 is 0 Å². The molecule has 0 aromatic heterocycles. The van der Waals surface area contributed by atoms with Gasteiger partial charge in [-0.25, -0.2) is 21.5 Å². The van der Waals surface area contributed by atoms with Gasteiger partial charge in [-0.2, -0.15) is 5.10 Å². The molecule has 1 aliphatic rings. The van der Waals surface area contributed by atoms with E-state index in [0.717, 1.165) is 45.3 Å². The van der Waals surface area contributed by atoms with Crippen LogP contribution in [0.2, 0.25) is 0 Å². The fraction of sp³-hybridized carbons (Fsp3) is 0.375. The van der Waals surface area contributed by atoms with Gasteiger partial charge in [-0.1, -0.05) is 31.2 Å². The van der Waals surface area contributed by atoms with Gasteiger partial charge in [-0.3, -0.25) is 5.01 Å². The standard InChI is InChI=1S/C24H32N6O2/c1-5-23(28-27-17(3)19-13-12-18-9-7-10-20(18)14-19)32-15-21-16(2)8-6-11-22(21)30(26)24(31)29(4)25/h6,8,11-14H,5,7,9-10,15,25-26H2,1-4H3/b27-17?,28-23+. The van der Waals surface area contributed by atoms with Crippen LogP contribution in [-0.2, 0) is 24.2 Å². The highest BCUT2D eigenvalue weighted by Gasteiger charge is 2.19. The van der Waals surface area contributed by atoms with Gasteiger partial charge in [0.15, 0.2) is 0 Å². The summed E-state index contributed by atoms with van der Waals surface area (Å²) in [6.07, 6.45) is 4.09. The van der Waals surface area contributed by atoms with Crippen LogP contribution in [-0.4, -0.2) is 29.7 Å². The summed E-state index contributed by atoms with van der Waals surface area (Å²) in [7, 11) is 1.44. The van der Waals surface area contributed by atoms with Crippen LogP contribution < -0.4 is 16.7 Å². The number of anilines is 1. The van der Waals surface area contributed by atoms with Crippen molar-refractivity contribution in [2.75, 3.05) is 12.1 Å². The van der Waals surface area contributed by atoms with E-state index in [9.17, 15) is 4.79 Å². The van der Waals surface area contributed by atoms with E-state index in [2.05, 4.69) is 28.4 Å². The van der Waals surface area contributed by atoms with E-state index in [1.165, 1.54) is 24.6 Å². The van der Waals surface area contributed by atoms with Crippen molar-refractivity contribution in [3.05, 3.63) is 64.2 Å². The Labute approximate surface area is 189 Å². The van der Waals surface area contributed by atoms with Crippen LogP contribution in [0.25, 0.3) is 0 Å². The van der Waals surface area contributed by atoms with E-state index in [0.29, 0.717) is 18.0 Å². The third-order valence-electron chi connectivity index (χ3n) is 5.67. The summed E-state index contributed by atoms with van der Waals surface area (Å²) < 4.78 is 5.95. The number of ether oxygens (including phenoxy) is 1. The van der Waals surface area contributed by atoms with Gasteiger partial charge < -0.3 is 4.74 Å². The molecule has 0 aliphatic heterocycles. The highest BCUT2D eigenvalue weighted by Crippen LogP contribution is 2.25. The Bertz CT molecular complexity index is 1040. The lowest BCUT2D eigenvalue weighted by molar-refractivity contribution is 0.216. The maximum absolute atomic E-state index is 12.2. The van der Waals surface area contributed by atoms with Gasteiger partial charge in [0.1, 0.15) is 6.61 Å². The second-order valence-corrected chi connectivity index (χ2v) is 7.99. The van der Waals surface area contributed by atoms with Crippen LogP contribution in [0.3, 0.4) is 0 Å². The van der Waals surface area contributed by atoms with Crippen molar-refractivity contribution < 1.29 is 9.53 Å². The zero-order chi connectivity index (χ0) is 23.3. The molecule has 170 valence electrons. The van der Waals surface area contributed by atoms with E-state index in [1.54, 1.807) is 6.07 Å². The second kappa shape index (κ2) is 10.4. The Kier molecular flexibility index (Phi) is 7.61. The molecule has 0 heterocycles. The van der Waals surface area contributed by atoms with Gasteiger partial charge in [-0.15, -0.1) is 5.10 Å². The fourth-order valence-corrected chi connectivity index (χ4v) is 3.72. The molecule has 2 amide bonds. The van der Waals surface area contributed by atoms with E-state index < -0.39 is 6.03 Å². The zero-order valence-corrected chi connectivity index (χ0v) is 19.3. The SMILES string of the molecule is CC/C(=N\N=C(C)c1ccc2c(c1)CCC2)OCc1c(C)cccc1N(N)C(=O)N(C)N. The molecule has 8 heteroatoms. The minimum absolute atomic E-state index is 0.206. The lowest BCUT2D eigenvalue weighted by Crippen LogP contribution is -2.49. The van der Waals surface area contributed by atoms with E-state index in [4.69, 9.17) is 16.4 Å². The number of hydrogen-bond acceptors (Lipinski definition) is 6.